The molecule has 0 unspecified atom stereocenters. The molecule has 5 heavy (non-hydrogen) atoms. The van der Waals surface area contributed by atoms with Gasteiger partial charge in [0, 0.05) is 6.04 Å². The Hall–Kier alpha value is -0.300. The Morgan fingerprint density at radius 1 is 1.80 bits per heavy atom. The molecular formula is C4H7N. The molecule has 0 bridgehead atoms. The van der Waals surface area contributed by atoms with Crippen LogP contribution in [0.2, 0.25) is 0 Å². The van der Waals surface area contributed by atoms with E-state index in [0.29, 0.717) is 6.04 Å². The minimum atomic E-state index is 0.384. The van der Waals surface area contributed by atoms with Crippen molar-refractivity contribution in [2.75, 3.05) is 0 Å². The van der Waals surface area contributed by atoms with Crippen LogP contribution in [0.4, 0.5) is 0 Å². The molecular weight excluding hydrogens is 62.1 g/mol. The van der Waals surface area contributed by atoms with Gasteiger partial charge in [0.15, 0.2) is 0 Å². The van der Waals surface area contributed by atoms with E-state index in [-0.39, 0.29) is 0 Å². The van der Waals surface area contributed by atoms with Crippen molar-refractivity contribution in [3.8, 4) is 0 Å². The maximum atomic E-state index is 5.29. The molecule has 0 aromatic heterocycles. The fourth-order valence-electron chi connectivity index (χ4n) is 0.293. The molecule has 0 aliphatic heterocycles. The molecule has 0 amide bonds. The van der Waals surface area contributed by atoms with Crippen LogP contribution in [-0.4, -0.2) is 6.04 Å². The molecule has 0 saturated heterocycles. The van der Waals surface area contributed by atoms with Crippen molar-refractivity contribution in [3.05, 3.63) is 12.2 Å². The first kappa shape index (κ1) is 2.91. The predicted molar refractivity (Wildman–Crippen MR) is 21.7 cm³/mol. The second kappa shape index (κ2) is 0.830. The molecule has 0 aromatic carbocycles. The van der Waals surface area contributed by atoms with Gasteiger partial charge < -0.3 is 5.73 Å². The minimum Gasteiger partial charge on any atom is -0.324 e. The number of hydrogen-bond acceptors (Lipinski definition) is 1. The van der Waals surface area contributed by atoms with Gasteiger partial charge in [-0.2, -0.15) is 0 Å². The van der Waals surface area contributed by atoms with E-state index >= 15 is 0 Å². The number of nitrogens with two attached hydrogens (primary N) is 1. The van der Waals surface area contributed by atoms with Gasteiger partial charge in [-0.25, -0.2) is 0 Å². The molecule has 0 heterocycles. The Labute approximate surface area is 31.5 Å². The lowest BCUT2D eigenvalue weighted by atomic mass is 10.1. The average Bonchev–Trinajstić information content (AvgIpc) is 1.30. The number of rotatable bonds is 0. The van der Waals surface area contributed by atoms with Crippen LogP contribution in [-0.2, 0) is 0 Å². The molecule has 1 atom stereocenters. The maximum absolute atomic E-state index is 5.29. The molecule has 1 nitrogen and oxygen atoms in total. The monoisotopic (exact) mass is 69.1 g/mol. The highest BCUT2D eigenvalue weighted by Crippen LogP contribution is 2.01. The Balaban J connectivity index is 2.39. The van der Waals surface area contributed by atoms with E-state index in [2.05, 4.69) is 6.08 Å². The van der Waals surface area contributed by atoms with Crippen LogP contribution in [0.5, 0.6) is 0 Å². The third-order valence-corrected chi connectivity index (χ3v) is 0.792. The van der Waals surface area contributed by atoms with Crippen molar-refractivity contribution >= 4 is 0 Å². The van der Waals surface area contributed by atoms with Crippen LogP contribution >= 0.6 is 0 Å². The fourth-order valence-corrected chi connectivity index (χ4v) is 0.293. The van der Waals surface area contributed by atoms with Crippen molar-refractivity contribution < 1.29 is 0 Å². The first-order chi connectivity index (χ1) is 2.39. The fraction of sp³-hybridized carbons (Fsp3) is 0.500. The average molecular weight is 69.1 g/mol. The van der Waals surface area contributed by atoms with Gasteiger partial charge in [-0.05, 0) is 6.42 Å². The highest BCUT2D eigenvalue weighted by molar-refractivity contribution is 5.04. The van der Waals surface area contributed by atoms with Gasteiger partial charge >= 0.3 is 0 Å². The lowest BCUT2D eigenvalue weighted by Crippen LogP contribution is -2.20. The van der Waals surface area contributed by atoms with Gasteiger partial charge in [0.25, 0.3) is 0 Å². The van der Waals surface area contributed by atoms with E-state index in [4.69, 9.17) is 5.73 Å². The quantitative estimate of drug-likeness (QED) is 0.406. The summed E-state index contributed by atoms with van der Waals surface area (Å²) in [7, 11) is 0. The maximum Gasteiger partial charge on any atom is 0.0258 e. The zero-order chi connectivity index (χ0) is 3.70. The third-order valence-electron chi connectivity index (χ3n) is 0.792. The largest absolute Gasteiger partial charge is 0.324 e. The first-order valence-electron chi connectivity index (χ1n) is 1.82. The predicted octanol–water partition coefficient (Wildman–Crippen LogP) is 0.274. The van der Waals surface area contributed by atoms with Crippen LogP contribution in [0.3, 0.4) is 0 Å². The topological polar surface area (TPSA) is 26.0 Å². The Morgan fingerprint density at radius 2 is 2.20 bits per heavy atom. The second-order valence-corrected chi connectivity index (χ2v) is 1.33. The SMILES string of the molecule is N[C@@H]1C=CC1. The summed E-state index contributed by atoms with van der Waals surface area (Å²) in [6.45, 7) is 0. The van der Waals surface area contributed by atoms with Crippen molar-refractivity contribution in [3.63, 3.8) is 0 Å². The van der Waals surface area contributed by atoms with E-state index < -0.39 is 0 Å². The Morgan fingerprint density at radius 3 is 2.20 bits per heavy atom. The molecule has 1 rings (SSSR count). The van der Waals surface area contributed by atoms with Crippen LogP contribution in [0, 0.1) is 0 Å². The highest BCUT2D eigenvalue weighted by Gasteiger charge is 1.99. The molecule has 1 aliphatic rings. The number of hydrogen-bond donors (Lipinski definition) is 1. The molecule has 28 valence electrons. The van der Waals surface area contributed by atoms with Crippen molar-refractivity contribution in [1.29, 1.82) is 0 Å². The van der Waals surface area contributed by atoms with Crippen molar-refractivity contribution in [2.24, 2.45) is 5.73 Å². The van der Waals surface area contributed by atoms with E-state index in [1.165, 1.54) is 0 Å². The standard InChI is InChI=1S/C4H7N/c5-4-2-1-3-4/h1-2,4H,3,5H2/t4-/m1/s1. The summed E-state index contributed by atoms with van der Waals surface area (Å²) in [4.78, 5) is 0. The minimum absolute atomic E-state index is 0.384. The van der Waals surface area contributed by atoms with E-state index in [0.717, 1.165) is 6.42 Å². The van der Waals surface area contributed by atoms with Crippen LogP contribution < -0.4 is 5.73 Å². The second-order valence-electron chi connectivity index (χ2n) is 1.33. The molecule has 2 N–H and O–H groups in total. The molecule has 0 spiro atoms. The van der Waals surface area contributed by atoms with Crippen LogP contribution in [0.1, 0.15) is 6.42 Å². The van der Waals surface area contributed by atoms with E-state index in [1.54, 1.807) is 0 Å². The van der Waals surface area contributed by atoms with Gasteiger partial charge in [0.1, 0.15) is 0 Å². The zero-order valence-corrected chi connectivity index (χ0v) is 3.02. The lowest BCUT2D eigenvalue weighted by molar-refractivity contribution is 0.770. The third kappa shape index (κ3) is 0.329. The Bertz CT molecular complexity index is 56.7. The summed E-state index contributed by atoms with van der Waals surface area (Å²) in [5, 5.41) is 0. The molecule has 1 aliphatic carbocycles. The summed E-state index contributed by atoms with van der Waals surface area (Å²) in [5.41, 5.74) is 5.29. The highest BCUT2D eigenvalue weighted by atomic mass is 14.6. The van der Waals surface area contributed by atoms with Crippen molar-refractivity contribution in [1.82, 2.24) is 0 Å². The van der Waals surface area contributed by atoms with Crippen LogP contribution in [0.25, 0.3) is 0 Å². The summed E-state index contributed by atoms with van der Waals surface area (Å²) in [6.07, 6.45) is 5.16. The van der Waals surface area contributed by atoms with Crippen LogP contribution in [0.15, 0.2) is 12.2 Å². The summed E-state index contributed by atoms with van der Waals surface area (Å²) in [6, 6.07) is 0.384. The lowest BCUT2D eigenvalue weighted by Gasteiger charge is -2.08. The summed E-state index contributed by atoms with van der Waals surface area (Å²) >= 11 is 0. The molecule has 1 heteroatoms. The smallest absolute Gasteiger partial charge is 0.0258 e. The van der Waals surface area contributed by atoms with Gasteiger partial charge in [0.2, 0.25) is 0 Å². The van der Waals surface area contributed by atoms with Gasteiger partial charge in [-0.1, -0.05) is 12.2 Å². The van der Waals surface area contributed by atoms with Gasteiger partial charge in [-0.3, -0.25) is 0 Å². The van der Waals surface area contributed by atoms with Gasteiger partial charge in [0.05, 0.1) is 0 Å². The normalized spacial score (nSPS) is 33.4. The Kier molecular flexibility index (Phi) is 0.484. The molecule has 0 aromatic rings. The van der Waals surface area contributed by atoms with Crippen molar-refractivity contribution in [2.45, 2.75) is 12.5 Å². The zero-order valence-electron chi connectivity index (χ0n) is 3.02. The first-order valence-corrected chi connectivity index (χ1v) is 1.82. The van der Waals surface area contributed by atoms with E-state index in [9.17, 15) is 0 Å². The molecule has 0 saturated carbocycles. The summed E-state index contributed by atoms with van der Waals surface area (Å²) in [5.74, 6) is 0. The van der Waals surface area contributed by atoms with Gasteiger partial charge in [-0.15, -0.1) is 0 Å². The van der Waals surface area contributed by atoms with E-state index in [1.807, 2.05) is 6.08 Å². The summed E-state index contributed by atoms with van der Waals surface area (Å²) < 4.78 is 0. The molecule has 0 radical (unpaired) electrons. The molecule has 0 fully saturated rings.